The van der Waals surface area contributed by atoms with Crippen LogP contribution in [0.25, 0.3) is 0 Å². The van der Waals surface area contributed by atoms with Gasteiger partial charge in [0.15, 0.2) is 0 Å². The summed E-state index contributed by atoms with van der Waals surface area (Å²) in [4.78, 5) is 13.7. The number of likely N-dealkylation sites (N-methyl/N-ethyl adjacent to an activating group) is 1. The molecule has 100 valence electrons. The van der Waals surface area contributed by atoms with Crippen LogP contribution in [0, 0.1) is 5.41 Å². The first-order chi connectivity index (χ1) is 7.70. The van der Waals surface area contributed by atoms with E-state index < -0.39 is 11.5 Å². The van der Waals surface area contributed by atoms with Crippen LogP contribution in [0.4, 0.5) is 0 Å². The van der Waals surface area contributed by atoms with E-state index in [-0.39, 0.29) is 0 Å². The number of aliphatic carboxylic acids is 1. The molecule has 2 unspecified atom stereocenters. The van der Waals surface area contributed by atoms with Crippen molar-refractivity contribution in [1.82, 2.24) is 10.2 Å². The Morgan fingerprint density at radius 3 is 2.53 bits per heavy atom. The van der Waals surface area contributed by atoms with E-state index in [0.717, 1.165) is 13.1 Å². The van der Waals surface area contributed by atoms with Crippen LogP contribution < -0.4 is 5.32 Å². The fourth-order valence-electron chi connectivity index (χ4n) is 2.55. The molecule has 4 heteroatoms. The van der Waals surface area contributed by atoms with Gasteiger partial charge in [0.25, 0.3) is 0 Å². The summed E-state index contributed by atoms with van der Waals surface area (Å²) in [6, 6.07) is 0.297. The SMILES string of the molecule is CNC(C)(CC(C)N1CCC(C)(C)C1)C(=O)O. The van der Waals surface area contributed by atoms with Gasteiger partial charge in [-0.3, -0.25) is 4.79 Å². The summed E-state index contributed by atoms with van der Waals surface area (Å²) in [5, 5.41) is 12.2. The summed E-state index contributed by atoms with van der Waals surface area (Å²) in [6.45, 7) is 10.6. The molecule has 1 saturated heterocycles. The zero-order valence-corrected chi connectivity index (χ0v) is 11.7. The Kier molecular flexibility index (Phi) is 4.20. The Balaban J connectivity index is 2.60. The number of rotatable bonds is 5. The first-order valence-corrected chi connectivity index (χ1v) is 6.36. The fourth-order valence-corrected chi connectivity index (χ4v) is 2.55. The van der Waals surface area contributed by atoms with Crippen molar-refractivity contribution in [3.05, 3.63) is 0 Å². The lowest BCUT2D eigenvalue weighted by Crippen LogP contribution is -2.51. The highest BCUT2D eigenvalue weighted by atomic mass is 16.4. The van der Waals surface area contributed by atoms with Crippen molar-refractivity contribution in [2.45, 2.75) is 52.1 Å². The van der Waals surface area contributed by atoms with Gasteiger partial charge in [0, 0.05) is 12.6 Å². The summed E-state index contributed by atoms with van der Waals surface area (Å²) in [5.41, 5.74) is -0.459. The Bertz CT molecular complexity index is 291. The zero-order chi connectivity index (χ0) is 13.3. The molecule has 0 aliphatic carbocycles. The minimum Gasteiger partial charge on any atom is -0.480 e. The van der Waals surface area contributed by atoms with E-state index in [2.05, 4.69) is 31.0 Å². The highest BCUT2D eigenvalue weighted by Gasteiger charge is 2.37. The molecule has 17 heavy (non-hydrogen) atoms. The van der Waals surface area contributed by atoms with Gasteiger partial charge in [0.05, 0.1) is 0 Å². The predicted molar refractivity (Wildman–Crippen MR) is 69.2 cm³/mol. The maximum atomic E-state index is 11.2. The third-order valence-corrected chi connectivity index (χ3v) is 4.06. The summed E-state index contributed by atoms with van der Waals surface area (Å²) in [5.74, 6) is -0.773. The summed E-state index contributed by atoms with van der Waals surface area (Å²) in [7, 11) is 1.72. The molecule has 0 bridgehead atoms. The first kappa shape index (κ1) is 14.5. The van der Waals surface area contributed by atoms with Crippen molar-refractivity contribution in [1.29, 1.82) is 0 Å². The molecular formula is C13H26N2O2. The maximum absolute atomic E-state index is 11.2. The minimum absolute atomic E-state index is 0.297. The van der Waals surface area contributed by atoms with E-state index >= 15 is 0 Å². The van der Waals surface area contributed by atoms with Crippen molar-refractivity contribution >= 4 is 5.97 Å². The van der Waals surface area contributed by atoms with Gasteiger partial charge in [-0.15, -0.1) is 0 Å². The normalized spacial score (nSPS) is 25.5. The molecule has 1 fully saturated rings. The number of carboxylic acids is 1. The molecule has 0 aromatic heterocycles. The van der Waals surface area contributed by atoms with E-state index in [4.69, 9.17) is 0 Å². The van der Waals surface area contributed by atoms with Crippen molar-refractivity contribution in [3.8, 4) is 0 Å². The van der Waals surface area contributed by atoms with Crippen LogP contribution in [-0.4, -0.2) is 47.7 Å². The van der Waals surface area contributed by atoms with Crippen molar-refractivity contribution in [2.75, 3.05) is 20.1 Å². The maximum Gasteiger partial charge on any atom is 0.323 e. The Labute approximate surface area is 104 Å². The van der Waals surface area contributed by atoms with Gasteiger partial charge in [-0.1, -0.05) is 13.8 Å². The van der Waals surface area contributed by atoms with E-state index in [0.29, 0.717) is 17.9 Å². The number of hydrogen-bond donors (Lipinski definition) is 2. The monoisotopic (exact) mass is 242 g/mol. The summed E-state index contributed by atoms with van der Waals surface area (Å²) in [6.07, 6.45) is 1.83. The van der Waals surface area contributed by atoms with E-state index in [1.165, 1.54) is 6.42 Å². The van der Waals surface area contributed by atoms with E-state index in [1.807, 2.05) is 0 Å². The van der Waals surface area contributed by atoms with Crippen LogP contribution in [-0.2, 0) is 4.79 Å². The number of hydrogen-bond acceptors (Lipinski definition) is 3. The van der Waals surface area contributed by atoms with E-state index in [1.54, 1.807) is 14.0 Å². The van der Waals surface area contributed by atoms with Gasteiger partial charge in [0.1, 0.15) is 5.54 Å². The molecule has 0 aromatic rings. The largest absolute Gasteiger partial charge is 0.480 e. The standard InChI is InChI=1S/C13H26N2O2/c1-10(8-13(4,14-5)11(16)17)15-7-6-12(2,3)9-15/h10,14H,6-9H2,1-5H3,(H,16,17). The molecule has 1 heterocycles. The van der Waals surface area contributed by atoms with Crippen molar-refractivity contribution in [2.24, 2.45) is 5.41 Å². The Morgan fingerprint density at radius 1 is 1.59 bits per heavy atom. The average Bonchev–Trinajstić information content (AvgIpc) is 2.58. The van der Waals surface area contributed by atoms with Gasteiger partial charge in [-0.05, 0) is 45.7 Å². The molecular weight excluding hydrogens is 216 g/mol. The van der Waals surface area contributed by atoms with Gasteiger partial charge in [-0.2, -0.15) is 0 Å². The second-order valence-electron chi connectivity index (χ2n) is 6.33. The molecule has 2 atom stereocenters. The lowest BCUT2D eigenvalue weighted by atomic mass is 9.92. The molecule has 4 nitrogen and oxygen atoms in total. The van der Waals surface area contributed by atoms with Gasteiger partial charge >= 0.3 is 5.97 Å². The topological polar surface area (TPSA) is 52.6 Å². The average molecular weight is 242 g/mol. The highest BCUT2D eigenvalue weighted by Crippen LogP contribution is 2.31. The molecule has 0 aromatic carbocycles. The van der Waals surface area contributed by atoms with Crippen molar-refractivity contribution in [3.63, 3.8) is 0 Å². The fraction of sp³-hybridized carbons (Fsp3) is 0.923. The van der Waals surface area contributed by atoms with Gasteiger partial charge < -0.3 is 15.3 Å². The minimum atomic E-state index is -0.827. The number of carbonyl (C=O) groups is 1. The second-order valence-corrected chi connectivity index (χ2v) is 6.33. The number of carboxylic acid groups (broad SMARTS) is 1. The van der Waals surface area contributed by atoms with Crippen LogP contribution in [0.15, 0.2) is 0 Å². The molecule has 1 aliphatic heterocycles. The molecule has 0 spiro atoms. The second kappa shape index (κ2) is 4.94. The lowest BCUT2D eigenvalue weighted by Gasteiger charge is -2.33. The predicted octanol–water partition coefficient (Wildman–Crippen LogP) is 1.56. The summed E-state index contributed by atoms with van der Waals surface area (Å²) >= 11 is 0. The van der Waals surface area contributed by atoms with Crippen LogP contribution in [0.5, 0.6) is 0 Å². The third-order valence-electron chi connectivity index (χ3n) is 4.06. The van der Waals surface area contributed by atoms with Crippen molar-refractivity contribution < 1.29 is 9.90 Å². The Morgan fingerprint density at radius 2 is 2.18 bits per heavy atom. The first-order valence-electron chi connectivity index (χ1n) is 6.36. The quantitative estimate of drug-likeness (QED) is 0.768. The molecule has 0 amide bonds. The molecule has 1 aliphatic rings. The van der Waals surface area contributed by atoms with Crippen LogP contribution in [0.2, 0.25) is 0 Å². The lowest BCUT2D eigenvalue weighted by molar-refractivity contribution is -0.144. The van der Waals surface area contributed by atoms with Gasteiger partial charge in [-0.25, -0.2) is 0 Å². The third kappa shape index (κ3) is 3.42. The molecule has 0 radical (unpaired) electrons. The zero-order valence-electron chi connectivity index (χ0n) is 11.7. The Hall–Kier alpha value is -0.610. The molecule has 2 N–H and O–H groups in total. The van der Waals surface area contributed by atoms with E-state index in [9.17, 15) is 9.90 Å². The number of nitrogens with zero attached hydrogens (tertiary/aromatic N) is 1. The smallest absolute Gasteiger partial charge is 0.323 e. The molecule has 1 rings (SSSR count). The number of likely N-dealkylation sites (tertiary alicyclic amines) is 1. The highest BCUT2D eigenvalue weighted by molar-refractivity contribution is 5.78. The number of nitrogens with one attached hydrogen (secondary N) is 1. The van der Waals surface area contributed by atoms with Crippen LogP contribution in [0.1, 0.15) is 40.5 Å². The molecule has 0 saturated carbocycles. The van der Waals surface area contributed by atoms with Crippen LogP contribution >= 0.6 is 0 Å². The van der Waals surface area contributed by atoms with Crippen LogP contribution in [0.3, 0.4) is 0 Å². The summed E-state index contributed by atoms with van der Waals surface area (Å²) < 4.78 is 0. The van der Waals surface area contributed by atoms with Gasteiger partial charge in [0.2, 0.25) is 0 Å².